The number of sulfone groups is 3. The minimum atomic E-state index is -3.59. The Hall–Kier alpha value is -9.28. The number of aromatic nitrogens is 6. The molecule has 125 heavy (non-hydrogen) atoms. The lowest BCUT2D eigenvalue weighted by Gasteiger charge is -2.42. The Balaban J connectivity index is 0.000000170. The number of rotatable bonds is 27. The van der Waals surface area contributed by atoms with Gasteiger partial charge in [0.2, 0.25) is 17.8 Å². The van der Waals surface area contributed by atoms with Gasteiger partial charge in [-0.2, -0.15) is 15.0 Å². The van der Waals surface area contributed by atoms with Crippen LogP contribution in [0.25, 0.3) is 0 Å². The molecule has 0 unspecified atom stereocenters. The number of piperazine rings is 1. The fourth-order valence-corrected chi connectivity index (χ4v) is 20.5. The van der Waals surface area contributed by atoms with Crippen LogP contribution in [0.15, 0.2) is 161 Å². The van der Waals surface area contributed by atoms with Crippen molar-refractivity contribution in [1.29, 1.82) is 0 Å². The Morgan fingerprint density at radius 1 is 0.368 bits per heavy atom. The third-order valence-electron chi connectivity index (χ3n) is 24.2. The number of anilines is 15. The molecule has 672 valence electrons. The van der Waals surface area contributed by atoms with Crippen molar-refractivity contribution in [1.82, 2.24) is 49.5 Å². The van der Waals surface area contributed by atoms with Crippen LogP contribution in [0.1, 0.15) is 131 Å². The van der Waals surface area contributed by atoms with Gasteiger partial charge in [0, 0.05) is 119 Å². The normalized spacial score (nSPS) is 18.7. The second-order valence-corrected chi connectivity index (χ2v) is 42.0. The number of likely N-dealkylation sites (N-methyl/N-ethyl adjacent to an activating group) is 1. The smallest absolute Gasteiger partial charge is 0.229 e. The highest BCUT2D eigenvalue weighted by molar-refractivity contribution is 7.92. The number of ether oxygens (including phenoxy) is 3. The Morgan fingerprint density at radius 2 is 0.664 bits per heavy atom. The lowest BCUT2D eigenvalue weighted by atomic mass is 9.95. The van der Waals surface area contributed by atoms with Gasteiger partial charge in [0.1, 0.15) is 32.3 Å². The number of para-hydroxylation sites is 3. The molecule has 28 nitrogen and oxygen atoms in total. The van der Waals surface area contributed by atoms with Crippen LogP contribution in [0.5, 0.6) is 17.2 Å². The molecule has 0 radical (unpaired) electrons. The third kappa shape index (κ3) is 23.4. The summed E-state index contributed by atoms with van der Waals surface area (Å²) in [4.78, 5) is 43.5. The first-order chi connectivity index (χ1) is 63.5. The number of halogens is 3. The second kappa shape index (κ2) is 42.6. The summed E-state index contributed by atoms with van der Waals surface area (Å²) in [5, 5.41) is 16.9. The first-order valence-electron chi connectivity index (χ1n) is 47.3. The minimum absolute atomic E-state index is 0.113. The molecule has 6 N–H and O–H groups in total. The summed E-state index contributed by atoms with van der Waals surface area (Å²) >= 11 is 19.2. The van der Waals surface area contributed by atoms with Gasteiger partial charge in [-0.3, -0.25) is 4.90 Å². The second-order valence-electron chi connectivity index (χ2n) is 33.3. The van der Waals surface area contributed by atoms with Gasteiger partial charge in [-0.1, -0.05) is 84.5 Å². The molecule has 0 atom stereocenters. The predicted octanol–water partition coefficient (Wildman–Crippen LogP) is 17.8. The molecule has 0 bridgehead atoms. The summed E-state index contributed by atoms with van der Waals surface area (Å²) < 4.78 is 164. The minimum Gasteiger partial charge on any atom is -0.494 e. The number of benzene rings is 6. The van der Waals surface area contributed by atoms with Crippen LogP contribution in [-0.2, 0) is 29.5 Å². The van der Waals surface area contributed by atoms with E-state index in [9.17, 15) is 25.3 Å². The van der Waals surface area contributed by atoms with Crippen LogP contribution in [0, 0.1) is 5.92 Å². The topological polar surface area (TPSA) is 302 Å². The van der Waals surface area contributed by atoms with E-state index < -0.39 is 66.4 Å². The monoisotopic (exact) mass is 1830 g/mol. The van der Waals surface area contributed by atoms with Gasteiger partial charge >= 0.3 is 0 Å². The summed E-state index contributed by atoms with van der Waals surface area (Å²) in [6, 6.07) is 37.6. The molecule has 6 fully saturated rings. The summed E-state index contributed by atoms with van der Waals surface area (Å²) in [5.74, 6) is 2.11. The van der Waals surface area contributed by atoms with Crippen LogP contribution >= 0.6 is 34.8 Å². The van der Waals surface area contributed by atoms with Gasteiger partial charge in [-0.05, 0) is 218 Å². The average Bonchev–Trinajstić information content (AvgIpc) is 0.736. The molecule has 9 aromatic rings. The molecule has 0 aliphatic carbocycles. The third-order valence-corrected chi connectivity index (χ3v) is 31.6. The number of nitrogens with zero attached hydrogens (tertiary/aromatic N) is 13. The Kier molecular flexibility index (Phi) is 27.7. The number of piperidine rings is 5. The Labute approximate surface area is 765 Å². The zero-order valence-corrected chi connectivity index (χ0v) is 76.6. The van der Waals surface area contributed by atoms with Crippen LogP contribution in [0.3, 0.4) is 0 Å². The average molecular weight is 1840 g/mol. The van der Waals surface area contributed by atoms with Gasteiger partial charge in [0.25, 0.3) is 0 Å². The van der Waals surface area contributed by atoms with Gasteiger partial charge in [0.05, 0.1) is 117 Å². The maximum Gasteiger partial charge on any atom is 0.229 e. The molecule has 0 saturated carbocycles. The van der Waals surface area contributed by atoms with Crippen molar-refractivity contribution in [3.8, 4) is 17.2 Å². The molecular weight excluding hydrogens is 1710 g/mol. The maximum atomic E-state index is 12.9. The Bertz CT molecular complexity index is 5630. The van der Waals surface area contributed by atoms with Crippen molar-refractivity contribution in [2.45, 2.75) is 168 Å². The van der Waals surface area contributed by atoms with Gasteiger partial charge < -0.3 is 75.5 Å². The van der Waals surface area contributed by atoms with Crippen molar-refractivity contribution in [3.63, 3.8) is 0 Å². The van der Waals surface area contributed by atoms with E-state index in [4.69, 9.17) is 61.4 Å². The lowest BCUT2D eigenvalue weighted by Crippen LogP contribution is -2.52. The predicted molar refractivity (Wildman–Crippen MR) is 506 cm³/mol. The molecule has 6 aliphatic rings. The van der Waals surface area contributed by atoms with Crippen molar-refractivity contribution in [2.24, 2.45) is 5.92 Å². The van der Waals surface area contributed by atoms with Crippen LogP contribution in [0.4, 0.5) is 86.5 Å². The standard InChI is InChI=1S/C31H41ClN6O3S.C30H40ClN7O3S.C30H39ClN6O3S/c1-21(2)42(39,40)29-8-6-5-7-27(29)34-30-25(32)20-33-31(36-30)35-26-10-9-24(19-28(26)41-4)38-17-13-23(14-18-38)37-15-11-22(3)12-16-37;1-21(2)42(39,40)28-8-6-5-7-26(28)33-29-24(31)20-32-30(35-29)34-25-10-9-23(19-27(25)41-4)37-13-11-22(12-14-37)38-17-15-36(3)16-18-38;1-21(2)41(38,39)28-10-6-5-9-26(28)33-29-24(31)20-32-30(35-29)34-25-12-11-23(19-27(25)40-3)37-17-13-22(14-18-37)36-15-7-4-8-16-36/h5-10,19-23H,11-18H2,1-4H3,(H2,33,34,35,36);5-10,19-22H,11-18H2,1-4H3,(H2,32,33,34,35);5-6,9-12,19-22H,4,7-8,13-18H2,1-3H3,(H2,32,33,34,35)/i2*4D3;3D3. The first kappa shape index (κ1) is 81.5. The van der Waals surface area contributed by atoms with E-state index in [2.05, 4.69) is 110 Å². The van der Waals surface area contributed by atoms with Crippen LogP contribution in [-0.4, -0.2) is 228 Å². The fourth-order valence-electron chi connectivity index (χ4n) is 16.5. The number of likely N-dealkylation sites (tertiary alicyclic amines) is 2. The van der Waals surface area contributed by atoms with E-state index in [1.807, 2.05) is 18.2 Å². The lowest BCUT2D eigenvalue weighted by molar-refractivity contribution is 0.0982. The van der Waals surface area contributed by atoms with E-state index in [1.165, 1.54) is 82.0 Å². The summed E-state index contributed by atoms with van der Waals surface area (Å²) in [7, 11) is -16.6. The van der Waals surface area contributed by atoms with Crippen molar-refractivity contribution >= 4 is 151 Å². The van der Waals surface area contributed by atoms with E-state index >= 15 is 0 Å². The van der Waals surface area contributed by atoms with Crippen molar-refractivity contribution in [3.05, 3.63) is 161 Å². The number of hydrogen-bond acceptors (Lipinski definition) is 28. The molecule has 15 rings (SSSR count). The van der Waals surface area contributed by atoms with Crippen LogP contribution in [0.2, 0.25) is 15.1 Å². The van der Waals surface area contributed by atoms with E-state index in [0.717, 1.165) is 140 Å². The van der Waals surface area contributed by atoms with Crippen molar-refractivity contribution in [2.75, 3.05) is 166 Å². The number of hydrogen-bond donors (Lipinski definition) is 6. The van der Waals surface area contributed by atoms with Crippen molar-refractivity contribution < 1.29 is 51.8 Å². The summed E-state index contributed by atoms with van der Waals surface area (Å²) in [5.41, 5.74) is 4.70. The SMILES string of the molecule is [2H]C([2H])([2H])Oc1cc(N2CCC(N3CCC(C)CC3)CC2)ccc1Nc1ncc(Cl)c(Nc2ccccc2S(=O)(=O)C(C)C)n1.[2H]C([2H])([2H])Oc1cc(N2CCC(N3CCCCC3)CC2)ccc1Nc1ncc(Cl)c(Nc2ccccc2S(=O)(=O)C(C)C)n1.[2H]C([2H])([2H])Oc1cc(N2CCC(N3CCN(C)CC3)CC2)ccc1Nc1ncc(Cl)c(Nc2ccccc2S(=O)(=O)C(C)C)n1. The van der Waals surface area contributed by atoms with Gasteiger partial charge in [-0.15, -0.1) is 0 Å². The quantitative estimate of drug-likeness (QED) is 0.0279. The Morgan fingerprint density at radius 3 is 0.968 bits per heavy atom. The molecular formula is C91H120Cl3N19O9S3. The molecule has 9 heterocycles. The summed E-state index contributed by atoms with van der Waals surface area (Å²) in [6.07, 6.45) is 16.8. The molecule has 3 aromatic heterocycles. The fraction of sp³-hybridized carbons (Fsp3) is 0.473. The van der Waals surface area contributed by atoms with E-state index in [-0.39, 0.29) is 82.3 Å². The highest BCUT2D eigenvalue weighted by Crippen LogP contribution is 2.41. The molecule has 6 aromatic carbocycles. The zero-order valence-electron chi connectivity index (χ0n) is 80.9. The summed E-state index contributed by atoms with van der Waals surface area (Å²) in [6.45, 7) is 26.3. The molecule has 0 spiro atoms. The van der Waals surface area contributed by atoms with Gasteiger partial charge in [-0.25, -0.2) is 40.2 Å². The molecule has 34 heteroatoms. The van der Waals surface area contributed by atoms with E-state index in [1.54, 1.807) is 133 Å². The molecule has 6 aliphatic heterocycles. The molecule has 0 amide bonds. The van der Waals surface area contributed by atoms with E-state index in [0.29, 0.717) is 52.2 Å². The molecule has 6 saturated heterocycles. The zero-order chi connectivity index (χ0) is 96.2. The highest BCUT2D eigenvalue weighted by atomic mass is 35.5. The maximum absolute atomic E-state index is 12.9. The highest BCUT2D eigenvalue weighted by Gasteiger charge is 2.33. The number of nitrogens with one attached hydrogen (secondary N) is 6. The largest absolute Gasteiger partial charge is 0.494 e. The van der Waals surface area contributed by atoms with Gasteiger partial charge in [0.15, 0.2) is 47.0 Å². The number of methoxy groups -OCH3 is 3. The first-order valence-corrected chi connectivity index (χ1v) is 48.6. The van der Waals surface area contributed by atoms with Crippen LogP contribution < -0.4 is 60.8 Å².